The first-order chi connectivity index (χ1) is 7.88. The smallest absolute Gasteiger partial charge is 0.0220 e. The van der Waals surface area contributed by atoms with Crippen molar-refractivity contribution in [1.82, 2.24) is 10.2 Å². The molecule has 1 atom stereocenters. The predicted molar refractivity (Wildman–Crippen MR) is 75.4 cm³/mol. The number of likely N-dealkylation sites (tertiary alicyclic amines) is 1. The van der Waals surface area contributed by atoms with E-state index >= 15 is 0 Å². The molecule has 1 heterocycles. The summed E-state index contributed by atoms with van der Waals surface area (Å²) in [5.74, 6) is 1.31. The van der Waals surface area contributed by atoms with E-state index in [1.165, 1.54) is 64.0 Å². The fourth-order valence-electron chi connectivity index (χ4n) is 2.44. The van der Waals surface area contributed by atoms with Crippen molar-refractivity contribution in [2.75, 3.05) is 38.2 Å². The molecule has 1 saturated heterocycles. The van der Waals surface area contributed by atoms with Gasteiger partial charge in [0.2, 0.25) is 0 Å². The van der Waals surface area contributed by atoms with Crippen molar-refractivity contribution in [2.24, 2.45) is 0 Å². The minimum absolute atomic E-state index is 0.808. The van der Waals surface area contributed by atoms with Crippen molar-refractivity contribution in [3.05, 3.63) is 0 Å². The molecule has 16 heavy (non-hydrogen) atoms. The number of piperidine rings is 1. The Labute approximate surface area is 106 Å². The number of nitrogens with one attached hydrogen (secondary N) is 1. The van der Waals surface area contributed by atoms with Crippen molar-refractivity contribution >= 4 is 11.8 Å². The summed E-state index contributed by atoms with van der Waals surface area (Å²) in [6.45, 7) is 7.25. The molecule has 1 N–H and O–H groups in total. The zero-order valence-electron chi connectivity index (χ0n) is 11.0. The van der Waals surface area contributed by atoms with Crippen LogP contribution in [0.1, 0.15) is 39.0 Å². The number of hydrogen-bond acceptors (Lipinski definition) is 3. The molecule has 0 aromatic carbocycles. The summed E-state index contributed by atoms with van der Waals surface area (Å²) < 4.78 is 0. The summed E-state index contributed by atoms with van der Waals surface area (Å²) in [5, 5.41) is 3.58. The lowest BCUT2D eigenvalue weighted by molar-refractivity contribution is 0.146. The Morgan fingerprint density at radius 3 is 3.00 bits per heavy atom. The van der Waals surface area contributed by atoms with E-state index < -0.39 is 0 Å². The molecular weight excluding hydrogens is 216 g/mol. The third-order valence-corrected chi connectivity index (χ3v) is 4.05. The summed E-state index contributed by atoms with van der Waals surface area (Å²) in [5.41, 5.74) is 0. The maximum absolute atomic E-state index is 3.58. The van der Waals surface area contributed by atoms with Gasteiger partial charge in [0.15, 0.2) is 0 Å². The average molecular weight is 244 g/mol. The lowest BCUT2D eigenvalue weighted by atomic mass is 10.0. The first-order valence-electron chi connectivity index (χ1n) is 6.82. The molecule has 0 aromatic heterocycles. The lowest BCUT2D eigenvalue weighted by Crippen LogP contribution is -2.46. The summed E-state index contributed by atoms with van der Waals surface area (Å²) in [4.78, 5) is 2.71. The van der Waals surface area contributed by atoms with Gasteiger partial charge in [-0.2, -0.15) is 11.8 Å². The first-order valence-corrected chi connectivity index (χ1v) is 8.21. The van der Waals surface area contributed by atoms with Crippen LogP contribution in [0.15, 0.2) is 0 Å². The second kappa shape index (κ2) is 9.32. The highest BCUT2D eigenvalue weighted by Gasteiger charge is 2.20. The van der Waals surface area contributed by atoms with Crippen LogP contribution in [0.2, 0.25) is 0 Å². The minimum atomic E-state index is 0.808. The largest absolute Gasteiger partial charge is 0.315 e. The fraction of sp³-hybridized carbons (Fsp3) is 1.00. The van der Waals surface area contributed by atoms with Crippen molar-refractivity contribution in [3.63, 3.8) is 0 Å². The number of hydrogen-bond donors (Lipinski definition) is 1. The van der Waals surface area contributed by atoms with E-state index in [4.69, 9.17) is 0 Å². The Hall–Kier alpha value is 0.270. The Morgan fingerprint density at radius 2 is 2.25 bits per heavy atom. The van der Waals surface area contributed by atoms with Crippen LogP contribution >= 0.6 is 11.8 Å². The Bertz CT molecular complexity index is 146. The lowest BCUT2D eigenvalue weighted by Gasteiger charge is -2.36. The van der Waals surface area contributed by atoms with E-state index in [0.29, 0.717) is 0 Å². The fourth-order valence-corrected chi connectivity index (χ4v) is 2.86. The molecule has 0 amide bonds. The maximum atomic E-state index is 3.58. The van der Waals surface area contributed by atoms with E-state index in [9.17, 15) is 0 Å². The summed E-state index contributed by atoms with van der Waals surface area (Å²) in [6, 6.07) is 0.808. The van der Waals surface area contributed by atoms with Crippen LogP contribution in [0.4, 0.5) is 0 Å². The van der Waals surface area contributed by atoms with Gasteiger partial charge >= 0.3 is 0 Å². The topological polar surface area (TPSA) is 15.3 Å². The molecular formula is C13H28N2S. The highest BCUT2D eigenvalue weighted by atomic mass is 32.2. The van der Waals surface area contributed by atoms with Crippen LogP contribution in [-0.4, -0.2) is 49.1 Å². The Morgan fingerprint density at radius 1 is 1.38 bits per heavy atom. The zero-order chi connectivity index (χ0) is 11.6. The molecule has 1 unspecified atom stereocenters. The van der Waals surface area contributed by atoms with Gasteiger partial charge in [-0.1, -0.05) is 13.3 Å². The molecule has 96 valence electrons. The third-order valence-electron chi connectivity index (χ3n) is 3.35. The standard InChI is InChI=1S/C13H28N2S/c1-3-8-14-12-13-7-4-5-9-15(13)10-6-11-16-2/h13-14H,3-12H2,1-2H3. The van der Waals surface area contributed by atoms with Gasteiger partial charge in [-0.25, -0.2) is 0 Å². The quantitative estimate of drug-likeness (QED) is 0.661. The van der Waals surface area contributed by atoms with Crippen LogP contribution < -0.4 is 5.32 Å². The summed E-state index contributed by atoms with van der Waals surface area (Å²) in [6.07, 6.45) is 9.04. The van der Waals surface area contributed by atoms with Gasteiger partial charge in [-0.05, 0) is 57.3 Å². The number of thioether (sulfide) groups is 1. The van der Waals surface area contributed by atoms with E-state index in [-0.39, 0.29) is 0 Å². The van der Waals surface area contributed by atoms with Crippen LogP contribution in [0.5, 0.6) is 0 Å². The van der Waals surface area contributed by atoms with Gasteiger partial charge in [0.05, 0.1) is 0 Å². The molecule has 1 aliphatic rings. The van der Waals surface area contributed by atoms with Crippen LogP contribution in [0.25, 0.3) is 0 Å². The van der Waals surface area contributed by atoms with Crippen molar-refractivity contribution in [2.45, 2.75) is 45.1 Å². The Kier molecular flexibility index (Phi) is 8.34. The van der Waals surface area contributed by atoms with Gasteiger partial charge in [0.25, 0.3) is 0 Å². The van der Waals surface area contributed by atoms with Crippen LogP contribution in [0.3, 0.4) is 0 Å². The molecule has 0 aliphatic carbocycles. The van der Waals surface area contributed by atoms with Gasteiger partial charge in [-0.15, -0.1) is 0 Å². The van der Waals surface area contributed by atoms with E-state index in [1.54, 1.807) is 0 Å². The van der Waals surface area contributed by atoms with E-state index in [1.807, 2.05) is 11.8 Å². The molecule has 0 radical (unpaired) electrons. The van der Waals surface area contributed by atoms with Crippen molar-refractivity contribution < 1.29 is 0 Å². The van der Waals surface area contributed by atoms with Crippen LogP contribution in [0, 0.1) is 0 Å². The maximum Gasteiger partial charge on any atom is 0.0220 e. The third kappa shape index (κ3) is 5.55. The second-order valence-electron chi connectivity index (χ2n) is 4.74. The molecule has 0 spiro atoms. The average Bonchev–Trinajstić information content (AvgIpc) is 2.32. The summed E-state index contributed by atoms with van der Waals surface area (Å²) in [7, 11) is 0. The van der Waals surface area contributed by atoms with Gasteiger partial charge in [-0.3, -0.25) is 4.90 Å². The van der Waals surface area contributed by atoms with Gasteiger partial charge in [0, 0.05) is 12.6 Å². The van der Waals surface area contributed by atoms with Crippen molar-refractivity contribution in [1.29, 1.82) is 0 Å². The van der Waals surface area contributed by atoms with E-state index in [2.05, 4.69) is 23.4 Å². The normalized spacial score (nSPS) is 22.5. The molecule has 0 bridgehead atoms. The molecule has 3 heteroatoms. The zero-order valence-corrected chi connectivity index (χ0v) is 11.8. The highest BCUT2D eigenvalue weighted by Crippen LogP contribution is 2.17. The van der Waals surface area contributed by atoms with Gasteiger partial charge in [0.1, 0.15) is 0 Å². The number of nitrogens with zero attached hydrogens (tertiary/aromatic N) is 1. The van der Waals surface area contributed by atoms with Crippen LogP contribution in [-0.2, 0) is 0 Å². The molecule has 0 aromatic rings. The molecule has 2 nitrogen and oxygen atoms in total. The first kappa shape index (κ1) is 14.3. The highest BCUT2D eigenvalue weighted by molar-refractivity contribution is 7.98. The number of rotatable bonds is 8. The Balaban J connectivity index is 2.20. The van der Waals surface area contributed by atoms with E-state index in [0.717, 1.165) is 6.04 Å². The predicted octanol–water partition coefficient (Wildman–Crippen LogP) is 2.59. The molecule has 0 saturated carbocycles. The monoisotopic (exact) mass is 244 g/mol. The summed E-state index contributed by atoms with van der Waals surface area (Å²) >= 11 is 1.97. The van der Waals surface area contributed by atoms with Crippen molar-refractivity contribution in [3.8, 4) is 0 Å². The SMILES string of the molecule is CCCNCC1CCCCN1CCCSC. The molecule has 1 fully saturated rings. The van der Waals surface area contributed by atoms with Gasteiger partial charge < -0.3 is 5.32 Å². The molecule has 1 aliphatic heterocycles. The molecule has 1 rings (SSSR count). The second-order valence-corrected chi connectivity index (χ2v) is 5.72. The minimum Gasteiger partial charge on any atom is -0.315 e.